The van der Waals surface area contributed by atoms with E-state index in [0.717, 1.165) is 6.26 Å². The number of nitrogens with one attached hydrogen (secondary N) is 2. The van der Waals surface area contributed by atoms with Crippen molar-refractivity contribution in [1.82, 2.24) is 4.72 Å². The summed E-state index contributed by atoms with van der Waals surface area (Å²) in [7, 11) is -5.99. The zero-order valence-corrected chi connectivity index (χ0v) is 21.5. The van der Waals surface area contributed by atoms with E-state index in [1.54, 1.807) is 32.0 Å². The van der Waals surface area contributed by atoms with E-state index in [9.17, 15) is 21.6 Å². The Bertz CT molecular complexity index is 1290. The molecule has 2 aromatic carbocycles. The number of nitrogens with zero attached hydrogens (tertiary/aromatic N) is 1. The molecule has 192 valence electrons. The lowest BCUT2D eigenvalue weighted by molar-refractivity contribution is -0.116. The number of fused-ring (bicyclic) bond motifs is 1. The zero-order valence-electron chi connectivity index (χ0n) is 19.9. The summed E-state index contributed by atoms with van der Waals surface area (Å²) in [5, 5.41) is 2.65. The minimum atomic E-state index is -3.77. The van der Waals surface area contributed by atoms with Gasteiger partial charge in [0.25, 0.3) is 0 Å². The summed E-state index contributed by atoms with van der Waals surface area (Å²) in [4.78, 5) is 12.6. The van der Waals surface area contributed by atoms with Crippen LogP contribution in [0.5, 0.6) is 17.2 Å². The number of benzene rings is 2. The number of amides is 1. The van der Waals surface area contributed by atoms with Crippen LogP contribution in [-0.2, 0) is 24.8 Å². The monoisotopic (exact) mass is 527 g/mol. The first kappa shape index (κ1) is 26.6. The lowest BCUT2D eigenvalue weighted by Crippen LogP contribution is -2.31. The number of carbonyl (C=O) groups excluding carboxylic acids is 1. The number of hydrogen-bond acceptors (Lipinski definition) is 8. The highest BCUT2D eigenvalue weighted by molar-refractivity contribution is 7.92. The number of hydrogen-bond donors (Lipinski definition) is 2. The molecule has 35 heavy (non-hydrogen) atoms. The average molecular weight is 528 g/mol. The number of rotatable bonds is 11. The lowest BCUT2D eigenvalue weighted by atomic mass is 10.2. The standard InChI is InChI=1S/C22H29N3O8S2/c1-15(2)24-35(29,30)17-8-10-19(31-3)18(13-17)23-22(26)6-5-11-25(34(4,27)28)16-7-9-20-21(12-16)33-14-32-20/h7-10,12-13,15,24H,5-6,11,14H2,1-4H3,(H,23,26). The first-order valence-electron chi connectivity index (χ1n) is 10.8. The van der Waals surface area contributed by atoms with E-state index in [0.29, 0.717) is 22.9 Å². The lowest BCUT2D eigenvalue weighted by Gasteiger charge is -2.22. The molecule has 11 nitrogen and oxygen atoms in total. The average Bonchev–Trinajstić information content (AvgIpc) is 3.22. The van der Waals surface area contributed by atoms with E-state index in [-0.39, 0.29) is 42.8 Å². The van der Waals surface area contributed by atoms with Gasteiger partial charge in [-0.25, -0.2) is 21.6 Å². The van der Waals surface area contributed by atoms with E-state index >= 15 is 0 Å². The molecule has 0 aromatic heterocycles. The maximum absolute atomic E-state index is 12.6. The Labute approximate surface area is 205 Å². The fourth-order valence-electron chi connectivity index (χ4n) is 3.45. The van der Waals surface area contributed by atoms with Crippen molar-refractivity contribution >= 4 is 37.3 Å². The minimum absolute atomic E-state index is 0.0129. The van der Waals surface area contributed by atoms with Crippen LogP contribution in [0.1, 0.15) is 26.7 Å². The summed E-state index contributed by atoms with van der Waals surface area (Å²) in [6.07, 6.45) is 1.28. The maximum atomic E-state index is 12.6. The molecule has 0 unspecified atom stereocenters. The van der Waals surface area contributed by atoms with E-state index in [4.69, 9.17) is 14.2 Å². The number of sulfonamides is 2. The number of carbonyl (C=O) groups is 1. The highest BCUT2D eigenvalue weighted by atomic mass is 32.2. The maximum Gasteiger partial charge on any atom is 0.240 e. The van der Waals surface area contributed by atoms with Crippen LogP contribution in [0.3, 0.4) is 0 Å². The molecule has 0 fully saturated rings. The second-order valence-electron chi connectivity index (χ2n) is 8.16. The highest BCUT2D eigenvalue weighted by Crippen LogP contribution is 2.36. The van der Waals surface area contributed by atoms with Gasteiger partial charge in [0, 0.05) is 25.1 Å². The van der Waals surface area contributed by atoms with Crippen molar-refractivity contribution in [2.24, 2.45) is 0 Å². The molecule has 1 aliphatic rings. The Kier molecular flexibility index (Phi) is 8.13. The second kappa shape index (κ2) is 10.7. The Hall–Kier alpha value is -3.03. The molecule has 13 heteroatoms. The van der Waals surface area contributed by atoms with Crippen LogP contribution in [0.4, 0.5) is 11.4 Å². The predicted octanol–water partition coefficient (Wildman–Crippen LogP) is 2.30. The van der Waals surface area contributed by atoms with Gasteiger partial charge in [-0.05, 0) is 50.6 Å². The fourth-order valence-corrected chi connectivity index (χ4v) is 5.69. The van der Waals surface area contributed by atoms with Gasteiger partial charge in [-0.2, -0.15) is 0 Å². The van der Waals surface area contributed by atoms with Gasteiger partial charge in [-0.1, -0.05) is 0 Å². The van der Waals surface area contributed by atoms with Gasteiger partial charge in [0.15, 0.2) is 11.5 Å². The molecule has 0 atom stereocenters. The van der Waals surface area contributed by atoms with Gasteiger partial charge >= 0.3 is 0 Å². The summed E-state index contributed by atoms with van der Waals surface area (Å²) >= 11 is 0. The fraction of sp³-hybridized carbons (Fsp3) is 0.409. The third-order valence-electron chi connectivity index (χ3n) is 4.96. The largest absolute Gasteiger partial charge is 0.495 e. The second-order valence-corrected chi connectivity index (χ2v) is 11.8. The first-order valence-corrected chi connectivity index (χ1v) is 14.1. The quantitative estimate of drug-likeness (QED) is 0.454. The SMILES string of the molecule is COc1ccc(S(=O)(=O)NC(C)C)cc1NC(=O)CCCN(c1ccc2c(c1)OCO2)S(C)(=O)=O. The summed E-state index contributed by atoms with van der Waals surface area (Å²) in [6.45, 7) is 3.52. The molecule has 0 saturated heterocycles. The van der Waals surface area contributed by atoms with Crippen molar-refractivity contribution in [2.45, 2.75) is 37.6 Å². The van der Waals surface area contributed by atoms with Crippen LogP contribution in [0, 0.1) is 0 Å². The van der Waals surface area contributed by atoms with Crippen LogP contribution >= 0.6 is 0 Å². The van der Waals surface area contributed by atoms with Crippen LogP contribution in [0.15, 0.2) is 41.3 Å². The van der Waals surface area contributed by atoms with Gasteiger partial charge in [0.2, 0.25) is 32.7 Å². The molecular weight excluding hydrogens is 498 g/mol. The molecule has 1 heterocycles. The molecule has 2 N–H and O–H groups in total. The zero-order chi connectivity index (χ0) is 25.8. The number of ether oxygens (including phenoxy) is 3. The van der Waals surface area contributed by atoms with E-state index in [1.165, 1.54) is 29.6 Å². The summed E-state index contributed by atoms with van der Waals surface area (Å²) in [6, 6.07) is 8.66. The van der Waals surface area contributed by atoms with Crippen LogP contribution in [0.25, 0.3) is 0 Å². The minimum Gasteiger partial charge on any atom is -0.495 e. The number of anilines is 2. The smallest absolute Gasteiger partial charge is 0.240 e. The van der Waals surface area contributed by atoms with Crippen molar-refractivity contribution in [3.8, 4) is 17.2 Å². The van der Waals surface area contributed by atoms with Gasteiger partial charge in [-0.15, -0.1) is 0 Å². The topological polar surface area (TPSA) is 140 Å². The van der Waals surface area contributed by atoms with Gasteiger partial charge in [0.1, 0.15) is 5.75 Å². The molecule has 0 radical (unpaired) electrons. The predicted molar refractivity (Wildman–Crippen MR) is 131 cm³/mol. The Morgan fingerprint density at radius 3 is 2.46 bits per heavy atom. The molecule has 1 amide bonds. The van der Waals surface area contributed by atoms with E-state index in [2.05, 4.69) is 10.0 Å². The summed E-state index contributed by atoms with van der Waals surface area (Å²) < 4.78 is 69.2. The van der Waals surface area contributed by atoms with Gasteiger partial charge < -0.3 is 19.5 Å². The third-order valence-corrected chi connectivity index (χ3v) is 7.81. The number of methoxy groups -OCH3 is 1. The van der Waals surface area contributed by atoms with Crippen molar-refractivity contribution < 1.29 is 35.8 Å². The molecule has 3 rings (SSSR count). The molecule has 0 saturated carbocycles. The Morgan fingerprint density at radius 2 is 1.80 bits per heavy atom. The van der Waals surface area contributed by atoms with Crippen LogP contribution in [-0.4, -0.2) is 55.5 Å². The normalized spacial score (nSPS) is 13.1. The first-order chi connectivity index (χ1) is 16.4. The van der Waals surface area contributed by atoms with Crippen molar-refractivity contribution in [2.75, 3.05) is 36.3 Å². The van der Waals surface area contributed by atoms with Crippen LogP contribution < -0.4 is 28.6 Å². The molecule has 1 aliphatic heterocycles. The summed E-state index contributed by atoms with van der Waals surface area (Å²) in [5.74, 6) is 0.847. The molecular formula is C22H29N3O8S2. The van der Waals surface area contributed by atoms with Crippen molar-refractivity contribution in [3.05, 3.63) is 36.4 Å². The highest BCUT2D eigenvalue weighted by Gasteiger charge is 2.22. The van der Waals surface area contributed by atoms with Crippen LogP contribution in [0.2, 0.25) is 0 Å². The summed E-state index contributed by atoms with van der Waals surface area (Å²) in [5.41, 5.74) is 0.592. The van der Waals surface area contributed by atoms with Gasteiger partial charge in [-0.3, -0.25) is 9.10 Å². The van der Waals surface area contributed by atoms with E-state index in [1.807, 2.05) is 0 Å². The molecule has 0 spiro atoms. The molecule has 0 bridgehead atoms. The van der Waals surface area contributed by atoms with Gasteiger partial charge in [0.05, 0.1) is 29.6 Å². The molecule has 0 aliphatic carbocycles. The van der Waals surface area contributed by atoms with Crippen molar-refractivity contribution in [3.63, 3.8) is 0 Å². The van der Waals surface area contributed by atoms with E-state index < -0.39 is 26.0 Å². The Morgan fingerprint density at radius 1 is 1.09 bits per heavy atom. The van der Waals surface area contributed by atoms with Crippen molar-refractivity contribution in [1.29, 1.82) is 0 Å². The Balaban J connectivity index is 1.68. The molecule has 2 aromatic rings. The third kappa shape index (κ3) is 6.77.